The van der Waals surface area contributed by atoms with Gasteiger partial charge in [0.15, 0.2) is 0 Å². The normalized spacial score (nSPS) is 19.8. The molecule has 0 radical (unpaired) electrons. The van der Waals surface area contributed by atoms with Crippen LogP contribution in [0.5, 0.6) is 0 Å². The first-order chi connectivity index (χ1) is 7.74. The molecular weight excluding hydrogens is 220 g/mol. The maximum absolute atomic E-state index is 9.07. The van der Waals surface area contributed by atoms with E-state index in [4.69, 9.17) is 16.9 Å². The highest BCUT2D eigenvalue weighted by Crippen LogP contribution is 2.30. The van der Waals surface area contributed by atoms with Crippen molar-refractivity contribution in [2.24, 2.45) is 5.92 Å². The largest absolute Gasteiger partial charge is 0.370 e. The van der Waals surface area contributed by atoms with E-state index < -0.39 is 0 Å². The highest BCUT2D eigenvalue weighted by atomic mass is 35.5. The Morgan fingerprint density at radius 1 is 1.56 bits per heavy atom. The Bertz CT molecular complexity index is 422. The second-order valence-corrected chi connectivity index (χ2v) is 4.72. The smallest absolute Gasteiger partial charge is 0.101 e. The summed E-state index contributed by atoms with van der Waals surface area (Å²) >= 11 is 5.99. The monoisotopic (exact) mass is 234 g/mol. The summed E-state index contributed by atoms with van der Waals surface area (Å²) in [6.45, 7) is 4.30. The summed E-state index contributed by atoms with van der Waals surface area (Å²) in [5.74, 6) is 0.755. The molecule has 1 unspecified atom stereocenters. The lowest BCUT2D eigenvalue weighted by Crippen LogP contribution is -2.20. The van der Waals surface area contributed by atoms with Crippen LogP contribution >= 0.6 is 11.6 Å². The van der Waals surface area contributed by atoms with Crippen LogP contribution in [0.4, 0.5) is 5.69 Å². The minimum absolute atomic E-state index is 0.703. The van der Waals surface area contributed by atoms with Crippen LogP contribution in [0, 0.1) is 17.2 Å². The Labute approximate surface area is 101 Å². The van der Waals surface area contributed by atoms with Crippen molar-refractivity contribution in [1.29, 1.82) is 5.26 Å². The minimum atomic E-state index is 0.703. The number of anilines is 1. The molecule has 0 saturated carbocycles. The van der Waals surface area contributed by atoms with Crippen LogP contribution in [0.15, 0.2) is 18.2 Å². The van der Waals surface area contributed by atoms with E-state index in [0.29, 0.717) is 5.02 Å². The summed E-state index contributed by atoms with van der Waals surface area (Å²) in [7, 11) is 0. The summed E-state index contributed by atoms with van der Waals surface area (Å²) in [5.41, 5.74) is 1.71. The van der Waals surface area contributed by atoms with Crippen molar-refractivity contribution in [2.45, 2.75) is 19.8 Å². The van der Waals surface area contributed by atoms with E-state index in [2.05, 4.69) is 17.9 Å². The SMILES string of the molecule is CCC1CCN(c2cc(Cl)ccc2C#N)C1. The quantitative estimate of drug-likeness (QED) is 0.784. The summed E-state index contributed by atoms with van der Waals surface area (Å²) in [4.78, 5) is 2.28. The summed E-state index contributed by atoms with van der Waals surface area (Å²) in [6.07, 6.45) is 2.42. The highest BCUT2D eigenvalue weighted by Gasteiger charge is 2.22. The van der Waals surface area contributed by atoms with Crippen molar-refractivity contribution in [1.82, 2.24) is 0 Å². The fourth-order valence-electron chi connectivity index (χ4n) is 2.25. The molecule has 16 heavy (non-hydrogen) atoms. The summed E-state index contributed by atoms with van der Waals surface area (Å²) < 4.78 is 0. The van der Waals surface area contributed by atoms with Gasteiger partial charge < -0.3 is 4.90 Å². The number of hydrogen-bond donors (Lipinski definition) is 0. The maximum atomic E-state index is 9.07. The average Bonchev–Trinajstić information content (AvgIpc) is 2.77. The first-order valence-corrected chi connectivity index (χ1v) is 6.07. The highest BCUT2D eigenvalue weighted by molar-refractivity contribution is 6.30. The van der Waals surface area contributed by atoms with Gasteiger partial charge in [0.25, 0.3) is 0 Å². The Kier molecular flexibility index (Phi) is 3.36. The first-order valence-electron chi connectivity index (χ1n) is 5.69. The van der Waals surface area contributed by atoms with Gasteiger partial charge in [0.1, 0.15) is 6.07 Å². The number of nitrogens with zero attached hydrogens (tertiary/aromatic N) is 2. The van der Waals surface area contributed by atoms with Crippen molar-refractivity contribution in [2.75, 3.05) is 18.0 Å². The number of halogens is 1. The molecule has 0 N–H and O–H groups in total. The third-order valence-electron chi connectivity index (χ3n) is 3.28. The van der Waals surface area contributed by atoms with Gasteiger partial charge in [-0.05, 0) is 30.5 Å². The number of hydrogen-bond acceptors (Lipinski definition) is 2. The van der Waals surface area contributed by atoms with Crippen molar-refractivity contribution >= 4 is 17.3 Å². The van der Waals surface area contributed by atoms with Crippen molar-refractivity contribution in [3.8, 4) is 6.07 Å². The molecule has 1 aliphatic heterocycles. The molecule has 1 aromatic rings. The molecule has 0 amide bonds. The molecule has 1 fully saturated rings. The molecule has 84 valence electrons. The van der Waals surface area contributed by atoms with Gasteiger partial charge in [0.05, 0.1) is 11.3 Å². The molecule has 0 bridgehead atoms. The second-order valence-electron chi connectivity index (χ2n) is 4.28. The predicted octanol–water partition coefficient (Wildman–Crippen LogP) is 3.45. The standard InChI is InChI=1S/C13H15ClN2/c1-2-10-5-6-16(9-10)13-7-12(14)4-3-11(13)8-15/h3-4,7,10H,2,5-6,9H2,1H3. The van der Waals surface area contributed by atoms with Crippen LogP contribution in [-0.4, -0.2) is 13.1 Å². The van der Waals surface area contributed by atoms with E-state index in [0.717, 1.165) is 30.3 Å². The van der Waals surface area contributed by atoms with Crippen LogP contribution in [0.1, 0.15) is 25.3 Å². The molecule has 0 aliphatic carbocycles. The lowest BCUT2D eigenvalue weighted by molar-refractivity contribution is 0.569. The number of nitriles is 1. The molecule has 1 aromatic carbocycles. The maximum Gasteiger partial charge on any atom is 0.101 e. The number of benzene rings is 1. The Morgan fingerprint density at radius 2 is 2.38 bits per heavy atom. The van der Waals surface area contributed by atoms with E-state index in [1.54, 1.807) is 12.1 Å². The van der Waals surface area contributed by atoms with Crippen LogP contribution < -0.4 is 4.90 Å². The molecule has 3 heteroatoms. The summed E-state index contributed by atoms with van der Waals surface area (Å²) in [5, 5.41) is 9.78. The third kappa shape index (κ3) is 2.15. The van der Waals surface area contributed by atoms with Crippen molar-refractivity contribution in [3.63, 3.8) is 0 Å². The van der Waals surface area contributed by atoms with Crippen LogP contribution in [0.25, 0.3) is 0 Å². The van der Waals surface area contributed by atoms with Crippen LogP contribution in [0.2, 0.25) is 5.02 Å². The van der Waals surface area contributed by atoms with Crippen LogP contribution in [0.3, 0.4) is 0 Å². The zero-order valence-corrected chi connectivity index (χ0v) is 10.2. The Morgan fingerprint density at radius 3 is 3.00 bits per heavy atom. The van der Waals surface area contributed by atoms with Crippen LogP contribution in [-0.2, 0) is 0 Å². The van der Waals surface area contributed by atoms with E-state index in [-0.39, 0.29) is 0 Å². The van der Waals surface area contributed by atoms with Gasteiger partial charge in [-0.25, -0.2) is 0 Å². The molecular formula is C13H15ClN2. The van der Waals surface area contributed by atoms with Gasteiger partial charge in [-0.15, -0.1) is 0 Å². The van der Waals surface area contributed by atoms with Crippen molar-refractivity contribution < 1.29 is 0 Å². The summed E-state index contributed by atoms with van der Waals surface area (Å²) in [6, 6.07) is 7.71. The molecule has 2 rings (SSSR count). The molecule has 1 atom stereocenters. The van der Waals surface area contributed by atoms with Gasteiger partial charge in [-0.2, -0.15) is 5.26 Å². The van der Waals surface area contributed by atoms with E-state index in [9.17, 15) is 0 Å². The van der Waals surface area contributed by atoms with Gasteiger partial charge in [0, 0.05) is 18.1 Å². The van der Waals surface area contributed by atoms with E-state index in [1.807, 2.05) is 6.07 Å². The lowest BCUT2D eigenvalue weighted by atomic mass is 10.1. The molecule has 0 aromatic heterocycles. The molecule has 0 spiro atoms. The zero-order valence-electron chi connectivity index (χ0n) is 9.41. The topological polar surface area (TPSA) is 27.0 Å². The average molecular weight is 235 g/mol. The van der Waals surface area contributed by atoms with Gasteiger partial charge in [-0.1, -0.05) is 24.9 Å². The van der Waals surface area contributed by atoms with Gasteiger partial charge >= 0.3 is 0 Å². The second kappa shape index (κ2) is 4.76. The van der Waals surface area contributed by atoms with Gasteiger partial charge in [0.2, 0.25) is 0 Å². The van der Waals surface area contributed by atoms with E-state index in [1.165, 1.54) is 12.8 Å². The first kappa shape index (κ1) is 11.3. The zero-order chi connectivity index (χ0) is 11.5. The molecule has 1 saturated heterocycles. The van der Waals surface area contributed by atoms with E-state index >= 15 is 0 Å². The number of rotatable bonds is 2. The molecule has 1 heterocycles. The van der Waals surface area contributed by atoms with Gasteiger partial charge in [-0.3, -0.25) is 0 Å². The fraction of sp³-hybridized carbons (Fsp3) is 0.462. The minimum Gasteiger partial charge on any atom is -0.370 e. The molecule has 2 nitrogen and oxygen atoms in total. The predicted molar refractivity (Wildman–Crippen MR) is 66.8 cm³/mol. The fourth-order valence-corrected chi connectivity index (χ4v) is 2.41. The lowest BCUT2D eigenvalue weighted by Gasteiger charge is -2.20. The Hall–Kier alpha value is -1.20. The Balaban J connectivity index is 2.27. The van der Waals surface area contributed by atoms with Crippen molar-refractivity contribution in [3.05, 3.63) is 28.8 Å². The molecule has 1 aliphatic rings. The third-order valence-corrected chi connectivity index (χ3v) is 3.52.